The van der Waals surface area contributed by atoms with Gasteiger partial charge < -0.3 is 9.67 Å². The van der Waals surface area contributed by atoms with Crippen molar-refractivity contribution in [1.82, 2.24) is 4.57 Å². The van der Waals surface area contributed by atoms with E-state index in [1.54, 1.807) is 7.05 Å². The van der Waals surface area contributed by atoms with E-state index in [9.17, 15) is 10.0 Å². The summed E-state index contributed by atoms with van der Waals surface area (Å²) >= 11 is 3.40. The van der Waals surface area contributed by atoms with Crippen LogP contribution < -0.4 is 0 Å². The smallest absolute Gasteiger partial charge is 0.222 e. The van der Waals surface area contributed by atoms with Crippen LogP contribution >= 0.6 is 15.9 Å². The van der Waals surface area contributed by atoms with E-state index < -0.39 is 0 Å². The summed E-state index contributed by atoms with van der Waals surface area (Å²) in [5.41, 5.74) is 1.87. The van der Waals surface area contributed by atoms with Gasteiger partial charge in [-0.25, -0.2) is 0 Å². The zero-order valence-electron chi connectivity index (χ0n) is 8.28. The van der Waals surface area contributed by atoms with Crippen molar-refractivity contribution >= 4 is 32.5 Å². The van der Waals surface area contributed by atoms with Crippen LogP contribution in [0.25, 0.3) is 10.9 Å². The lowest BCUT2D eigenvalue weighted by Gasteiger charge is -2.00. The van der Waals surface area contributed by atoms with Crippen LogP contribution in [0.15, 0.2) is 21.8 Å². The minimum absolute atomic E-state index is 0.0944. The van der Waals surface area contributed by atoms with Gasteiger partial charge in [-0.3, -0.25) is 0 Å². The minimum atomic E-state index is -0.105. The Balaban J connectivity index is 3.03. The highest BCUT2D eigenvalue weighted by atomic mass is 79.9. The Morgan fingerprint density at radius 3 is 2.73 bits per heavy atom. The molecule has 0 aliphatic carbocycles. The van der Waals surface area contributed by atoms with E-state index in [-0.39, 0.29) is 11.6 Å². The number of hydrogen-bond acceptors (Lipinski definition) is 3. The highest BCUT2D eigenvalue weighted by Crippen LogP contribution is 2.40. The predicted molar refractivity (Wildman–Crippen MR) is 62.5 cm³/mol. The molecule has 2 rings (SSSR count). The van der Waals surface area contributed by atoms with Gasteiger partial charge in [0.2, 0.25) is 5.88 Å². The second kappa shape index (κ2) is 3.34. The molecular formula is C10H9BrN2O2. The molecule has 15 heavy (non-hydrogen) atoms. The number of benzene rings is 1. The van der Waals surface area contributed by atoms with Crippen LogP contribution in [0.3, 0.4) is 0 Å². The lowest BCUT2D eigenvalue weighted by Crippen LogP contribution is -1.87. The maximum absolute atomic E-state index is 10.6. The fourth-order valence-electron chi connectivity index (χ4n) is 1.73. The van der Waals surface area contributed by atoms with Crippen molar-refractivity contribution in [2.24, 2.45) is 12.2 Å². The molecule has 0 unspecified atom stereocenters. The van der Waals surface area contributed by atoms with Crippen molar-refractivity contribution in [1.29, 1.82) is 0 Å². The molecule has 1 N–H and O–H groups in total. The number of aromatic nitrogens is 1. The van der Waals surface area contributed by atoms with E-state index in [1.165, 1.54) is 4.57 Å². The number of hydrogen-bond donors (Lipinski definition) is 1. The molecule has 5 heteroatoms. The molecule has 0 saturated carbocycles. The monoisotopic (exact) mass is 268 g/mol. The van der Waals surface area contributed by atoms with Gasteiger partial charge in [0, 0.05) is 16.9 Å². The van der Waals surface area contributed by atoms with Crippen LogP contribution in [-0.4, -0.2) is 9.67 Å². The zero-order chi connectivity index (χ0) is 11.2. The summed E-state index contributed by atoms with van der Waals surface area (Å²) in [6.07, 6.45) is 0. The van der Waals surface area contributed by atoms with Crippen molar-refractivity contribution in [2.45, 2.75) is 6.92 Å². The SMILES string of the molecule is Cc1cc(Br)c2c(c1)c(N=O)c(O)n2C. The summed E-state index contributed by atoms with van der Waals surface area (Å²) in [4.78, 5) is 10.6. The van der Waals surface area contributed by atoms with Crippen molar-refractivity contribution in [3.63, 3.8) is 0 Å². The third-order valence-electron chi connectivity index (χ3n) is 2.42. The van der Waals surface area contributed by atoms with Crippen molar-refractivity contribution in [2.75, 3.05) is 0 Å². The summed E-state index contributed by atoms with van der Waals surface area (Å²) in [6.45, 7) is 1.92. The summed E-state index contributed by atoms with van der Waals surface area (Å²) in [6, 6.07) is 3.76. The summed E-state index contributed by atoms with van der Waals surface area (Å²) in [5.74, 6) is -0.105. The average Bonchev–Trinajstić information content (AvgIpc) is 2.39. The number of aromatic hydroxyl groups is 1. The first-order valence-electron chi connectivity index (χ1n) is 4.37. The van der Waals surface area contributed by atoms with Gasteiger partial charge in [-0.05, 0) is 45.7 Å². The first-order valence-corrected chi connectivity index (χ1v) is 5.16. The minimum Gasteiger partial charge on any atom is -0.493 e. The van der Waals surface area contributed by atoms with Gasteiger partial charge in [0.25, 0.3) is 0 Å². The number of nitrogens with zero attached hydrogens (tertiary/aromatic N) is 2. The van der Waals surface area contributed by atoms with Gasteiger partial charge in [-0.1, -0.05) is 0 Å². The molecule has 4 nitrogen and oxygen atoms in total. The van der Waals surface area contributed by atoms with E-state index in [4.69, 9.17) is 0 Å². The summed E-state index contributed by atoms with van der Waals surface area (Å²) in [5, 5.41) is 13.2. The Morgan fingerprint density at radius 2 is 2.13 bits per heavy atom. The molecule has 0 fully saturated rings. The zero-order valence-corrected chi connectivity index (χ0v) is 9.87. The molecule has 78 valence electrons. The van der Waals surface area contributed by atoms with E-state index in [1.807, 2.05) is 19.1 Å². The number of fused-ring (bicyclic) bond motifs is 1. The number of aryl methyl sites for hydroxylation is 2. The molecule has 1 heterocycles. The highest BCUT2D eigenvalue weighted by molar-refractivity contribution is 9.10. The number of rotatable bonds is 1. The van der Waals surface area contributed by atoms with Gasteiger partial charge in [-0.15, -0.1) is 4.91 Å². The van der Waals surface area contributed by atoms with E-state index in [0.717, 1.165) is 15.6 Å². The quantitative estimate of drug-likeness (QED) is 0.807. The molecular weight excluding hydrogens is 260 g/mol. The Morgan fingerprint density at radius 1 is 1.47 bits per heavy atom. The van der Waals surface area contributed by atoms with Crippen LogP contribution in [0.4, 0.5) is 5.69 Å². The molecule has 2 aromatic rings. The van der Waals surface area contributed by atoms with Crippen molar-refractivity contribution < 1.29 is 5.11 Å². The van der Waals surface area contributed by atoms with Gasteiger partial charge in [0.15, 0.2) is 5.69 Å². The van der Waals surface area contributed by atoms with Crippen LogP contribution in [-0.2, 0) is 7.05 Å². The van der Waals surface area contributed by atoms with Crippen molar-refractivity contribution in [3.8, 4) is 5.88 Å². The highest BCUT2D eigenvalue weighted by Gasteiger charge is 2.17. The molecule has 1 aromatic heterocycles. The van der Waals surface area contributed by atoms with E-state index in [2.05, 4.69) is 21.1 Å². The average molecular weight is 269 g/mol. The Kier molecular flexibility index (Phi) is 2.26. The number of halogens is 1. The molecule has 0 radical (unpaired) electrons. The van der Waals surface area contributed by atoms with Gasteiger partial charge in [0.05, 0.1) is 5.52 Å². The van der Waals surface area contributed by atoms with Crippen LogP contribution in [0.1, 0.15) is 5.56 Å². The molecule has 0 atom stereocenters. The molecule has 1 aromatic carbocycles. The third kappa shape index (κ3) is 1.34. The normalized spacial score (nSPS) is 10.9. The van der Waals surface area contributed by atoms with Crippen LogP contribution in [0, 0.1) is 11.8 Å². The number of nitroso groups, excluding NO2 is 1. The molecule has 0 amide bonds. The summed E-state index contributed by atoms with van der Waals surface area (Å²) in [7, 11) is 1.69. The maximum atomic E-state index is 10.6. The Bertz CT molecular complexity index is 560. The second-order valence-corrected chi connectivity index (χ2v) is 4.32. The Labute approximate surface area is 94.6 Å². The van der Waals surface area contributed by atoms with Crippen LogP contribution in [0.2, 0.25) is 0 Å². The van der Waals surface area contributed by atoms with Gasteiger partial charge in [-0.2, -0.15) is 0 Å². The standard InChI is InChI=1S/C10H9BrN2O2/c1-5-3-6-8(12-15)10(14)13(2)9(6)7(11)4-5/h3-4,14H,1-2H3. The fraction of sp³-hybridized carbons (Fsp3) is 0.200. The molecule has 0 saturated heterocycles. The largest absolute Gasteiger partial charge is 0.493 e. The maximum Gasteiger partial charge on any atom is 0.222 e. The molecule has 0 spiro atoms. The van der Waals surface area contributed by atoms with E-state index >= 15 is 0 Å². The third-order valence-corrected chi connectivity index (χ3v) is 3.02. The lowest BCUT2D eigenvalue weighted by atomic mass is 10.1. The second-order valence-electron chi connectivity index (χ2n) is 3.47. The van der Waals surface area contributed by atoms with Crippen LogP contribution in [0.5, 0.6) is 5.88 Å². The van der Waals surface area contributed by atoms with Crippen molar-refractivity contribution in [3.05, 3.63) is 27.1 Å². The van der Waals surface area contributed by atoms with Gasteiger partial charge in [0.1, 0.15) is 0 Å². The molecule has 0 aliphatic heterocycles. The predicted octanol–water partition coefficient (Wildman–Crippen LogP) is 3.35. The molecule has 0 aliphatic rings. The summed E-state index contributed by atoms with van der Waals surface area (Å²) < 4.78 is 2.38. The topological polar surface area (TPSA) is 54.6 Å². The van der Waals surface area contributed by atoms with E-state index in [0.29, 0.717) is 5.39 Å². The first kappa shape index (κ1) is 10.2. The molecule has 0 bridgehead atoms. The Hall–Kier alpha value is -1.36. The first-order chi connectivity index (χ1) is 7.06. The fourth-order valence-corrected chi connectivity index (χ4v) is 2.57. The lowest BCUT2D eigenvalue weighted by molar-refractivity contribution is 0.437. The van der Waals surface area contributed by atoms with Gasteiger partial charge >= 0.3 is 0 Å².